The summed E-state index contributed by atoms with van der Waals surface area (Å²) >= 11 is 0. The van der Waals surface area contributed by atoms with Crippen molar-refractivity contribution in [3.05, 3.63) is 59.8 Å². The van der Waals surface area contributed by atoms with E-state index in [4.69, 9.17) is 14.5 Å². The van der Waals surface area contributed by atoms with Crippen LogP contribution in [0.15, 0.2) is 64.8 Å². The molecule has 0 aromatic heterocycles. The largest absolute Gasteiger partial charge is 0.494 e. The first-order chi connectivity index (χ1) is 15.2. The number of benzene rings is 2. The number of allylic oxidation sites excluding steroid dienone is 2. The topological polar surface area (TPSA) is 42.8 Å². The predicted octanol–water partition coefficient (Wildman–Crippen LogP) is 7.69. The van der Waals surface area contributed by atoms with Crippen molar-refractivity contribution in [3.8, 4) is 11.5 Å². The second-order valence-electron chi connectivity index (χ2n) is 8.06. The van der Waals surface area contributed by atoms with E-state index in [1.54, 1.807) is 0 Å². The Labute approximate surface area is 187 Å². The zero-order valence-electron chi connectivity index (χ0n) is 19.2. The van der Waals surface area contributed by atoms with E-state index < -0.39 is 0 Å². The Morgan fingerprint density at radius 2 is 1.39 bits per heavy atom. The molecule has 0 fully saturated rings. The Kier molecular flexibility index (Phi) is 9.01. The minimum Gasteiger partial charge on any atom is -0.494 e. The number of unbranched alkanes of at least 4 members (excludes halogenated alkanes) is 2. The van der Waals surface area contributed by atoms with Crippen LogP contribution in [0.3, 0.4) is 0 Å². The molecule has 2 aromatic carbocycles. The van der Waals surface area contributed by atoms with Crippen molar-refractivity contribution in [2.45, 2.75) is 65.7 Å². The summed E-state index contributed by atoms with van der Waals surface area (Å²) in [5.41, 5.74) is 5.73. The zero-order valence-corrected chi connectivity index (χ0v) is 19.2. The number of hydrogen-bond acceptors (Lipinski definition) is 4. The average molecular weight is 421 g/mol. The SMILES string of the molecule is CCCCOc1ccc(N=C2CCCC(Nc3ccc(OCCCC)cc3)=C2C)cc1. The van der Waals surface area contributed by atoms with Crippen LogP contribution in [0.25, 0.3) is 0 Å². The highest BCUT2D eigenvalue weighted by molar-refractivity contribution is 6.02. The first-order valence-electron chi connectivity index (χ1n) is 11.7. The minimum absolute atomic E-state index is 0.771. The number of aliphatic imine (C=N–C) groups is 1. The number of nitrogens with one attached hydrogen (secondary N) is 1. The number of rotatable bonds is 11. The first kappa shape index (κ1) is 22.9. The second kappa shape index (κ2) is 12.2. The highest BCUT2D eigenvalue weighted by atomic mass is 16.5. The van der Waals surface area contributed by atoms with Gasteiger partial charge in [0.25, 0.3) is 0 Å². The molecule has 1 aliphatic carbocycles. The third-order valence-corrected chi connectivity index (χ3v) is 5.51. The Morgan fingerprint density at radius 3 is 1.97 bits per heavy atom. The maximum absolute atomic E-state index is 5.76. The molecule has 4 nitrogen and oxygen atoms in total. The molecule has 166 valence electrons. The number of anilines is 1. The lowest BCUT2D eigenvalue weighted by Crippen LogP contribution is -2.14. The van der Waals surface area contributed by atoms with Crippen molar-refractivity contribution in [2.24, 2.45) is 4.99 Å². The van der Waals surface area contributed by atoms with Gasteiger partial charge in [0.05, 0.1) is 18.9 Å². The summed E-state index contributed by atoms with van der Waals surface area (Å²) in [5.74, 6) is 1.84. The van der Waals surface area contributed by atoms with Gasteiger partial charge in [0.2, 0.25) is 0 Å². The van der Waals surface area contributed by atoms with Crippen LogP contribution in [-0.2, 0) is 0 Å². The smallest absolute Gasteiger partial charge is 0.119 e. The molecule has 0 radical (unpaired) electrons. The molecule has 4 heteroatoms. The molecule has 3 rings (SSSR count). The third kappa shape index (κ3) is 7.16. The van der Waals surface area contributed by atoms with Gasteiger partial charge in [-0.05, 0) is 93.1 Å². The van der Waals surface area contributed by atoms with Gasteiger partial charge in [0.1, 0.15) is 11.5 Å². The average Bonchev–Trinajstić information content (AvgIpc) is 2.79. The van der Waals surface area contributed by atoms with E-state index in [2.05, 4.69) is 38.2 Å². The number of hydrogen-bond donors (Lipinski definition) is 1. The molecule has 31 heavy (non-hydrogen) atoms. The van der Waals surface area contributed by atoms with Gasteiger partial charge >= 0.3 is 0 Å². The highest BCUT2D eigenvalue weighted by Crippen LogP contribution is 2.28. The summed E-state index contributed by atoms with van der Waals surface area (Å²) < 4.78 is 11.5. The summed E-state index contributed by atoms with van der Waals surface area (Å²) in [4.78, 5) is 4.93. The lowest BCUT2D eigenvalue weighted by Gasteiger charge is -2.21. The van der Waals surface area contributed by atoms with Crippen molar-refractivity contribution in [1.82, 2.24) is 0 Å². The molecular weight excluding hydrogens is 384 g/mol. The van der Waals surface area contributed by atoms with E-state index in [0.29, 0.717) is 0 Å². The molecule has 0 heterocycles. The molecule has 1 N–H and O–H groups in total. The van der Waals surface area contributed by atoms with Gasteiger partial charge in [-0.15, -0.1) is 0 Å². The van der Waals surface area contributed by atoms with Gasteiger partial charge < -0.3 is 14.8 Å². The fourth-order valence-corrected chi connectivity index (χ4v) is 3.53. The van der Waals surface area contributed by atoms with E-state index in [-0.39, 0.29) is 0 Å². The standard InChI is InChI=1S/C27H36N2O2/c1-4-6-19-30-24-15-11-22(12-16-24)28-26-9-8-10-27(21(26)3)29-23-13-17-25(18-14-23)31-20-7-5-2/h11-18,28H,4-10,19-20H2,1-3H3. The van der Waals surface area contributed by atoms with Crippen LogP contribution in [-0.4, -0.2) is 18.9 Å². The van der Waals surface area contributed by atoms with Gasteiger partial charge in [-0.25, -0.2) is 0 Å². The van der Waals surface area contributed by atoms with Crippen LogP contribution in [0.1, 0.15) is 65.7 Å². The fourth-order valence-electron chi connectivity index (χ4n) is 3.53. The lowest BCUT2D eigenvalue weighted by atomic mass is 9.95. The molecule has 0 bridgehead atoms. The van der Waals surface area contributed by atoms with Crippen LogP contribution in [0.2, 0.25) is 0 Å². The monoisotopic (exact) mass is 420 g/mol. The van der Waals surface area contributed by atoms with Crippen LogP contribution in [0, 0.1) is 0 Å². The summed E-state index contributed by atoms with van der Waals surface area (Å²) in [6.45, 7) is 8.06. The van der Waals surface area contributed by atoms with Gasteiger partial charge in [-0.3, -0.25) is 4.99 Å². The quantitative estimate of drug-likeness (QED) is 0.379. The summed E-state index contributed by atoms with van der Waals surface area (Å²) in [6.07, 6.45) is 7.62. The molecule has 0 aliphatic heterocycles. The molecule has 0 saturated heterocycles. The Bertz CT molecular complexity index is 867. The first-order valence-corrected chi connectivity index (χ1v) is 11.7. The van der Waals surface area contributed by atoms with Gasteiger partial charge in [-0.1, -0.05) is 26.7 Å². The maximum atomic E-state index is 5.76. The van der Waals surface area contributed by atoms with Crippen LogP contribution in [0.4, 0.5) is 11.4 Å². The number of ether oxygens (including phenoxy) is 2. The molecule has 1 aliphatic rings. The Balaban J connectivity index is 1.64. The lowest BCUT2D eigenvalue weighted by molar-refractivity contribution is 0.309. The summed E-state index contributed by atoms with van der Waals surface area (Å²) in [5, 5.41) is 3.60. The van der Waals surface area contributed by atoms with E-state index in [0.717, 1.165) is 86.7 Å². The number of nitrogens with zero attached hydrogens (tertiary/aromatic N) is 1. The molecular formula is C27H36N2O2. The predicted molar refractivity (Wildman–Crippen MR) is 131 cm³/mol. The van der Waals surface area contributed by atoms with Gasteiger partial charge in [0.15, 0.2) is 0 Å². The van der Waals surface area contributed by atoms with Crippen molar-refractivity contribution in [2.75, 3.05) is 18.5 Å². The molecule has 0 atom stereocenters. The Morgan fingerprint density at radius 1 is 0.806 bits per heavy atom. The normalized spacial score (nSPS) is 15.3. The fraction of sp³-hybridized carbons (Fsp3) is 0.444. The third-order valence-electron chi connectivity index (χ3n) is 5.51. The highest BCUT2D eigenvalue weighted by Gasteiger charge is 2.16. The maximum Gasteiger partial charge on any atom is 0.119 e. The summed E-state index contributed by atoms with van der Waals surface area (Å²) in [7, 11) is 0. The van der Waals surface area contributed by atoms with Crippen LogP contribution in [0.5, 0.6) is 11.5 Å². The van der Waals surface area contributed by atoms with Gasteiger partial charge in [-0.2, -0.15) is 0 Å². The molecule has 0 spiro atoms. The van der Waals surface area contributed by atoms with E-state index in [1.807, 2.05) is 36.4 Å². The second-order valence-corrected chi connectivity index (χ2v) is 8.06. The zero-order chi connectivity index (χ0) is 21.9. The molecule has 0 amide bonds. The molecule has 2 aromatic rings. The molecule has 0 saturated carbocycles. The van der Waals surface area contributed by atoms with Crippen LogP contribution < -0.4 is 14.8 Å². The van der Waals surface area contributed by atoms with E-state index in [9.17, 15) is 0 Å². The molecule has 0 unspecified atom stereocenters. The van der Waals surface area contributed by atoms with E-state index >= 15 is 0 Å². The van der Waals surface area contributed by atoms with Crippen LogP contribution >= 0.6 is 0 Å². The summed E-state index contributed by atoms with van der Waals surface area (Å²) in [6, 6.07) is 16.4. The van der Waals surface area contributed by atoms with E-state index in [1.165, 1.54) is 11.3 Å². The van der Waals surface area contributed by atoms with Crippen molar-refractivity contribution < 1.29 is 9.47 Å². The Hall–Kier alpha value is -2.75. The van der Waals surface area contributed by atoms with Crippen molar-refractivity contribution >= 4 is 17.1 Å². The van der Waals surface area contributed by atoms with Gasteiger partial charge in [0, 0.05) is 17.1 Å². The van der Waals surface area contributed by atoms with Crippen molar-refractivity contribution in [3.63, 3.8) is 0 Å². The van der Waals surface area contributed by atoms with Crippen molar-refractivity contribution in [1.29, 1.82) is 0 Å². The minimum atomic E-state index is 0.771.